The molecule has 0 atom stereocenters. The predicted octanol–water partition coefficient (Wildman–Crippen LogP) is 1.02. The van der Waals surface area contributed by atoms with Gasteiger partial charge in [0.1, 0.15) is 0 Å². The van der Waals surface area contributed by atoms with Crippen molar-refractivity contribution in [3.63, 3.8) is 0 Å². The molecule has 1 fully saturated rings. The van der Waals surface area contributed by atoms with Gasteiger partial charge < -0.3 is 4.74 Å². The Kier molecular flexibility index (Phi) is 4.90. The monoisotopic (exact) mass is 353 g/mol. The topological polar surface area (TPSA) is 88.4 Å². The summed E-state index contributed by atoms with van der Waals surface area (Å²) in [6.07, 6.45) is 1.69. The van der Waals surface area contributed by atoms with Crippen LogP contribution in [0.3, 0.4) is 0 Å². The molecule has 0 aliphatic carbocycles. The van der Waals surface area contributed by atoms with Crippen LogP contribution in [0.4, 0.5) is 0 Å². The van der Waals surface area contributed by atoms with E-state index in [1.165, 1.54) is 40.3 Å². The molecular formula is C14H15N3O4S2. The van der Waals surface area contributed by atoms with Crippen LogP contribution >= 0.6 is 11.8 Å². The van der Waals surface area contributed by atoms with Crippen molar-refractivity contribution >= 4 is 39.1 Å². The van der Waals surface area contributed by atoms with Crippen LogP contribution in [-0.4, -0.2) is 62.1 Å². The van der Waals surface area contributed by atoms with Crippen LogP contribution in [0, 0.1) is 0 Å². The third-order valence-corrected chi connectivity index (χ3v) is 6.08. The second-order valence-electron chi connectivity index (χ2n) is 4.86. The van der Waals surface area contributed by atoms with Gasteiger partial charge in [0.2, 0.25) is 10.0 Å². The number of carbonyl (C=O) groups excluding carboxylic acids is 1. The van der Waals surface area contributed by atoms with E-state index in [-0.39, 0.29) is 4.90 Å². The average Bonchev–Trinajstić information content (AvgIpc) is 3.09. The minimum absolute atomic E-state index is 0.164. The lowest BCUT2D eigenvalue weighted by molar-refractivity contribution is 0.0730. The lowest BCUT2D eigenvalue weighted by Gasteiger charge is -2.26. The van der Waals surface area contributed by atoms with Gasteiger partial charge in [0.25, 0.3) is 5.91 Å². The number of amidine groups is 1. The number of morpholine rings is 1. The van der Waals surface area contributed by atoms with Gasteiger partial charge in [-0.25, -0.2) is 13.4 Å². The maximum atomic E-state index is 12.5. The molecule has 122 valence electrons. The van der Waals surface area contributed by atoms with Crippen molar-refractivity contribution in [3.8, 4) is 0 Å². The van der Waals surface area contributed by atoms with Gasteiger partial charge in [0.05, 0.1) is 18.1 Å². The first-order valence-electron chi connectivity index (χ1n) is 7.04. The number of carbonyl (C=O) groups is 1. The Balaban J connectivity index is 1.77. The second kappa shape index (κ2) is 6.91. The summed E-state index contributed by atoms with van der Waals surface area (Å²) >= 11 is 1.38. The lowest BCUT2D eigenvalue weighted by atomic mass is 10.2. The summed E-state index contributed by atoms with van der Waals surface area (Å²) in [4.78, 5) is 20.0. The molecule has 2 aliphatic rings. The number of hydrogen-bond acceptors (Lipinski definition) is 5. The first-order valence-corrected chi connectivity index (χ1v) is 9.46. The van der Waals surface area contributed by atoms with E-state index in [0.29, 0.717) is 42.8 Å². The van der Waals surface area contributed by atoms with Crippen LogP contribution in [0.1, 0.15) is 10.4 Å². The molecule has 1 aromatic rings. The summed E-state index contributed by atoms with van der Waals surface area (Å²) in [5.41, 5.74) is 0.334. The zero-order valence-electron chi connectivity index (χ0n) is 12.2. The molecular weight excluding hydrogens is 338 g/mol. The molecule has 1 aromatic carbocycles. The SMILES string of the molecule is O=C(N=C1N=CCS1)c1ccc(S(=O)(=O)N2CCOCC2)cc1. The van der Waals surface area contributed by atoms with Gasteiger partial charge in [0.15, 0.2) is 5.17 Å². The van der Waals surface area contributed by atoms with Gasteiger partial charge in [-0.05, 0) is 24.3 Å². The van der Waals surface area contributed by atoms with Gasteiger partial charge >= 0.3 is 0 Å². The normalized spacial score (nSPS) is 21.0. The van der Waals surface area contributed by atoms with E-state index in [1.807, 2.05) is 0 Å². The third-order valence-electron chi connectivity index (χ3n) is 3.39. The lowest BCUT2D eigenvalue weighted by Crippen LogP contribution is -2.40. The van der Waals surface area contributed by atoms with Crippen molar-refractivity contribution in [1.82, 2.24) is 4.31 Å². The summed E-state index contributed by atoms with van der Waals surface area (Å²) in [6.45, 7) is 1.47. The Morgan fingerprint density at radius 3 is 2.52 bits per heavy atom. The van der Waals surface area contributed by atoms with Crippen molar-refractivity contribution in [2.24, 2.45) is 9.98 Å². The summed E-state index contributed by atoms with van der Waals surface area (Å²) in [5, 5.41) is 0.431. The largest absolute Gasteiger partial charge is 0.379 e. The summed E-state index contributed by atoms with van der Waals surface area (Å²) in [5.74, 6) is 0.282. The Labute approximate surface area is 138 Å². The van der Waals surface area contributed by atoms with E-state index >= 15 is 0 Å². The fourth-order valence-electron chi connectivity index (χ4n) is 2.18. The number of rotatable bonds is 3. The zero-order chi connectivity index (χ0) is 16.3. The Morgan fingerprint density at radius 1 is 1.22 bits per heavy atom. The van der Waals surface area contributed by atoms with Crippen molar-refractivity contribution in [3.05, 3.63) is 29.8 Å². The standard InChI is InChI=1S/C14H15N3O4S2/c18-13(16-14-15-5-10-22-14)11-1-3-12(4-2-11)23(19,20)17-6-8-21-9-7-17/h1-5H,6-10H2. The Hall–Kier alpha value is -1.55. The zero-order valence-corrected chi connectivity index (χ0v) is 13.8. The van der Waals surface area contributed by atoms with Gasteiger partial charge in [-0.1, -0.05) is 11.8 Å². The highest BCUT2D eigenvalue weighted by Crippen LogP contribution is 2.18. The van der Waals surface area contributed by atoms with Crippen LogP contribution < -0.4 is 0 Å². The number of amides is 1. The minimum atomic E-state index is -3.55. The number of sulfonamides is 1. The number of nitrogens with zero attached hydrogens (tertiary/aromatic N) is 3. The number of ether oxygens (including phenoxy) is 1. The Bertz CT molecular complexity index is 751. The first kappa shape index (κ1) is 16.3. The van der Waals surface area contributed by atoms with E-state index in [9.17, 15) is 13.2 Å². The molecule has 0 unspecified atom stereocenters. The smallest absolute Gasteiger partial charge is 0.279 e. The molecule has 3 rings (SSSR count). The molecule has 0 spiro atoms. The van der Waals surface area contributed by atoms with Gasteiger partial charge in [-0.15, -0.1) is 0 Å². The molecule has 1 amide bonds. The molecule has 0 saturated carbocycles. The minimum Gasteiger partial charge on any atom is -0.379 e. The maximum absolute atomic E-state index is 12.5. The molecule has 2 aliphatic heterocycles. The highest BCUT2D eigenvalue weighted by atomic mass is 32.2. The van der Waals surface area contributed by atoms with E-state index in [1.54, 1.807) is 6.21 Å². The molecule has 23 heavy (non-hydrogen) atoms. The van der Waals surface area contributed by atoms with Crippen LogP contribution in [-0.2, 0) is 14.8 Å². The molecule has 7 nitrogen and oxygen atoms in total. The van der Waals surface area contributed by atoms with E-state index in [4.69, 9.17) is 4.74 Å². The average molecular weight is 353 g/mol. The van der Waals surface area contributed by atoms with Crippen LogP contribution in [0.15, 0.2) is 39.1 Å². The molecule has 0 bridgehead atoms. The number of aliphatic imine (C=N–C) groups is 2. The molecule has 0 radical (unpaired) electrons. The summed E-state index contributed by atoms with van der Waals surface area (Å²) < 4.78 is 31.5. The van der Waals surface area contributed by atoms with Crippen LogP contribution in [0.5, 0.6) is 0 Å². The van der Waals surface area contributed by atoms with E-state index in [0.717, 1.165) is 0 Å². The second-order valence-corrected chi connectivity index (χ2v) is 7.79. The quantitative estimate of drug-likeness (QED) is 0.809. The Morgan fingerprint density at radius 2 is 1.91 bits per heavy atom. The van der Waals surface area contributed by atoms with Gasteiger partial charge in [-0.3, -0.25) is 4.79 Å². The molecule has 1 saturated heterocycles. The van der Waals surface area contributed by atoms with E-state index < -0.39 is 15.9 Å². The first-order chi connectivity index (χ1) is 11.1. The predicted molar refractivity (Wildman–Crippen MR) is 88.7 cm³/mol. The number of thioether (sulfide) groups is 1. The van der Waals surface area contributed by atoms with Crippen molar-refractivity contribution in [1.29, 1.82) is 0 Å². The van der Waals surface area contributed by atoms with Crippen LogP contribution in [0.2, 0.25) is 0 Å². The summed E-state index contributed by atoms with van der Waals surface area (Å²) in [6, 6.07) is 5.82. The maximum Gasteiger partial charge on any atom is 0.279 e. The fraction of sp³-hybridized carbons (Fsp3) is 0.357. The molecule has 0 N–H and O–H groups in total. The fourth-order valence-corrected chi connectivity index (χ4v) is 4.19. The van der Waals surface area contributed by atoms with Gasteiger partial charge in [0, 0.05) is 30.6 Å². The number of hydrogen-bond donors (Lipinski definition) is 0. The van der Waals surface area contributed by atoms with Crippen molar-refractivity contribution in [2.45, 2.75) is 4.90 Å². The summed E-state index contributed by atoms with van der Waals surface area (Å²) in [7, 11) is -3.55. The van der Waals surface area contributed by atoms with E-state index in [2.05, 4.69) is 9.98 Å². The molecule has 0 aromatic heterocycles. The molecule has 2 heterocycles. The van der Waals surface area contributed by atoms with Gasteiger partial charge in [-0.2, -0.15) is 9.30 Å². The highest BCUT2D eigenvalue weighted by molar-refractivity contribution is 8.14. The third kappa shape index (κ3) is 3.69. The molecule has 9 heteroatoms. The highest BCUT2D eigenvalue weighted by Gasteiger charge is 2.26. The number of benzene rings is 1. The van der Waals surface area contributed by atoms with Crippen molar-refractivity contribution < 1.29 is 17.9 Å². The van der Waals surface area contributed by atoms with Crippen molar-refractivity contribution in [2.75, 3.05) is 32.1 Å². The van der Waals surface area contributed by atoms with Crippen LogP contribution in [0.25, 0.3) is 0 Å².